The zero-order chi connectivity index (χ0) is 27.7. The summed E-state index contributed by atoms with van der Waals surface area (Å²) in [6.45, 7) is 0. The van der Waals surface area contributed by atoms with Crippen molar-refractivity contribution in [3.8, 4) is 0 Å². The Bertz CT molecular complexity index is 1800. The van der Waals surface area contributed by atoms with E-state index >= 15 is 0 Å². The first kappa shape index (κ1) is 24.2. The topological polar surface area (TPSA) is 101 Å². The standard InChI is InChI=1S/C31H20ClN3O5/c32-22-13-11-19(35(39)40)16-25(22)34-30(37)26-24-15-12-21-20-9-5-4-6-17(20)10-14-23(21)33(24)28(27(26)31(34)38)29(36)18-7-2-1-3-8-18/h1-16,24,26-28H/t24-,26-,27-,28-/m1/s1. The van der Waals surface area contributed by atoms with E-state index in [0.29, 0.717) is 5.56 Å². The van der Waals surface area contributed by atoms with Crippen LogP contribution >= 0.6 is 11.6 Å². The van der Waals surface area contributed by atoms with E-state index in [-0.39, 0.29) is 22.2 Å². The van der Waals surface area contributed by atoms with Gasteiger partial charge in [0.25, 0.3) is 5.69 Å². The van der Waals surface area contributed by atoms with Crippen molar-refractivity contribution in [1.29, 1.82) is 0 Å². The van der Waals surface area contributed by atoms with E-state index in [2.05, 4.69) is 0 Å². The van der Waals surface area contributed by atoms with E-state index in [9.17, 15) is 24.5 Å². The molecule has 0 saturated carbocycles. The van der Waals surface area contributed by atoms with Gasteiger partial charge >= 0.3 is 0 Å². The van der Waals surface area contributed by atoms with Crippen molar-refractivity contribution in [1.82, 2.24) is 0 Å². The third kappa shape index (κ3) is 3.36. The average Bonchev–Trinajstić information content (AvgIpc) is 3.45. The molecule has 2 fully saturated rings. The van der Waals surface area contributed by atoms with Crippen LogP contribution in [0.25, 0.3) is 16.8 Å². The number of imide groups is 1. The molecule has 8 nitrogen and oxygen atoms in total. The first-order valence-corrected chi connectivity index (χ1v) is 13.1. The lowest BCUT2D eigenvalue weighted by Gasteiger charge is -2.37. The van der Waals surface area contributed by atoms with Crippen molar-refractivity contribution in [3.63, 3.8) is 0 Å². The minimum absolute atomic E-state index is 0.0334. The second-order valence-electron chi connectivity index (χ2n) is 10.1. The highest BCUT2D eigenvalue weighted by molar-refractivity contribution is 6.36. The van der Waals surface area contributed by atoms with Gasteiger partial charge in [0.1, 0.15) is 6.04 Å². The predicted molar refractivity (Wildman–Crippen MR) is 151 cm³/mol. The van der Waals surface area contributed by atoms with Gasteiger partial charge in [-0.2, -0.15) is 0 Å². The SMILES string of the molecule is O=C(c1ccccc1)[C@H]1[C@@H]2C(=O)N(c3cc([N+](=O)[O-])ccc3Cl)C(=O)[C@@H]2[C@H]2C=Cc3c(ccc4ccccc34)N21. The van der Waals surface area contributed by atoms with Gasteiger partial charge < -0.3 is 4.90 Å². The van der Waals surface area contributed by atoms with Crippen LogP contribution < -0.4 is 9.80 Å². The molecular formula is C31H20ClN3O5. The van der Waals surface area contributed by atoms with Crippen LogP contribution in [0.1, 0.15) is 15.9 Å². The lowest BCUT2D eigenvalue weighted by Crippen LogP contribution is -2.48. The van der Waals surface area contributed by atoms with Crippen molar-refractivity contribution in [2.45, 2.75) is 12.1 Å². The number of fused-ring (bicyclic) bond motifs is 7. The Morgan fingerprint density at radius 3 is 2.35 bits per heavy atom. The van der Waals surface area contributed by atoms with Gasteiger partial charge in [0.15, 0.2) is 5.78 Å². The molecule has 0 N–H and O–H groups in total. The summed E-state index contributed by atoms with van der Waals surface area (Å²) in [7, 11) is 0. The van der Waals surface area contributed by atoms with Crippen LogP contribution in [0, 0.1) is 22.0 Å². The minimum Gasteiger partial charge on any atom is -0.352 e. The summed E-state index contributed by atoms with van der Waals surface area (Å²) in [5.74, 6) is -3.30. The zero-order valence-corrected chi connectivity index (χ0v) is 21.6. The van der Waals surface area contributed by atoms with Gasteiger partial charge in [-0.05, 0) is 22.9 Å². The number of nitro benzene ring substituents is 1. The number of amides is 2. The maximum absolute atomic E-state index is 14.2. The van der Waals surface area contributed by atoms with Crippen LogP contribution in [0.4, 0.5) is 17.1 Å². The predicted octanol–water partition coefficient (Wildman–Crippen LogP) is 5.67. The van der Waals surface area contributed by atoms with Gasteiger partial charge in [-0.15, -0.1) is 0 Å². The molecule has 4 atom stereocenters. The van der Waals surface area contributed by atoms with Crippen LogP contribution in [-0.2, 0) is 9.59 Å². The monoisotopic (exact) mass is 549 g/mol. The molecule has 0 unspecified atom stereocenters. The Morgan fingerprint density at radius 1 is 0.850 bits per heavy atom. The molecule has 3 aliphatic rings. The molecule has 0 aliphatic carbocycles. The quantitative estimate of drug-likeness (QED) is 0.141. The lowest BCUT2D eigenvalue weighted by molar-refractivity contribution is -0.384. The molecule has 7 rings (SSSR count). The minimum atomic E-state index is -1.01. The highest BCUT2D eigenvalue weighted by Crippen LogP contribution is 2.51. The molecule has 3 aliphatic heterocycles. The average molecular weight is 550 g/mol. The molecule has 40 heavy (non-hydrogen) atoms. The number of hydrogen-bond acceptors (Lipinski definition) is 6. The van der Waals surface area contributed by atoms with Gasteiger partial charge in [0.2, 0.25) is 11.8 Å². The summed E-state index contributed by atoms with van der Waals surface area (Å²) in [6, 6.07) is 22.6. The van der Waals surface area contributed by atoms with Crippen molar-refractivity contribution in [2.75, 3.05) is 9.80 Å². The number of Topliss-reactive ketones (excluding diaryl/α,β-unsaturated/α-hetero) is 1. The highest BCUT2D eigenvalue weighted by atomic mass is 35.5. The van der Waals surface area contributed by atoms with E-state index in [4.69, 9.17) is 11.6 Å². The summed E-state index contributed by atoms with van der Waals surface area (Å²) in [5, 5.41) is 13.5. The summed E-state index contributed by atoms with van der Waals surface area (Å²) in [6.07, 6.45) is 3.83. The first-order chi connectivity index (χ1) is 19.4. The number of carbonyl (C=O) groups excluding carboxylic acids is 3. The molecule has 4 aromatic rings. The maximum Gasteiger partial charge on any atom is 0.271 e. The molecule has 2 saturated heterocycles. The van der Waals surface area contributed by atoms with E-state index in [1.165, 1.54) is 12.1 Å². The Morgan fingerprint density at radius 2 is 1.57 bits per heavy atom. The third-order valence-electron chi connectivity index (χ3n) is 8.12. The first-order valence-electron chi connectivity index (χ1n) is 12.8. The zero-order valence-electron chi connectivity index (χ0n) is 20.8. The second-order valence-corrected chi connectivity index (χ2v) is 10.5. The van der Waals surface area contributed by atoms with E-state index < -0.39 is 40.7 Å². The fourth-order valence-electron chi connectivity index (χ4n) is 6.42. The Kier molecular flexibility index (Phi) is 5.37. The molecule has 0 radical (unpaired) electrons. The number of non-ortho nitro benzene ring substituents is 1. The van der Waals surface area contributed by atoms with Crippen molar-refractivity contribution >= 4 is 63.1 Å². The van der Waals surface area contributed by atoms with Gasteiger partial charge in [-0.25, -0.2) is 4.90 Å². The molecule has 196 valence electrons. The fraction of sp³-hybridized carbons (Fsp3) is 0.129. The second kappa shape index (κ2) is 8.86. The smallest absolute Gasteiger partial charge is 0.271 e. The number of ketones is 1. The fourth-order valence-corrected chi connectivity index (χ4v) is 6.63. The number of nitro groups is 1. The van der Waals surface area contributed by atoms with Gasteiger partial charge in [0.05, 0.1) is 33.5 Å². The molecule has 2 amide bonds. The lowest BCUT2D eigenvalue weighted by atomic mass is 9.86. The Labute approximate surface area is 233 Å². The van der Waals surface area contributed by atoms with Crippen LogP contribution in [-0.4, -0.2) is 34.6 Å². The van der Waals surface area contributed by atoms with Crippen LogP contribution in [0.5, 0.6) is 0 Å². The van der Waals surface area contributed by atoms with Crippen LogP contribution in [0.2, 0.25) is 5.02 Å². The number of hydrogen-bond donors (Lipinski definition) is 0. The van der Waals surface area contributed by atoms with Crippen molar-refractivity contribution < 1.29 is 19.3 Å². The molecular weight excluding hydrogens is 530 g/mol. The number of anilines is 2. The van der Waals surface area contributed by atoms with E-state index in [0.717, 1.165) is 33.0 Å². The molecule has 0 aromatic heterocycles. The number of nitrogens with zero attached hydrogens (tertiary/aromatic N) is 3. The largest absolute Gasteiger partial charge is 0.352 e. The number of benzene rings is 4. The van der Waals surface area contributed by atoms with Gasteiger partial charge in [0, 0.05) is 28.9 Å². The summed E-state index contributed by atoms with van der Waals surface area (Å²) in [4.78, 5) is 56.0. The maximum atomic E-state index is 14.2. The van der Waals surface area contributed by atoms with E-state index in [1.54, 1.807) is 30.3 Å². The molecule has 0 bridgehead atoms. The van der Waals surface area contributed by atoms with Crippen molar-refractivity contribution in [2.24, 2.45) is 11.8 Å². The Hall–Kier alpha value is -4.82. The van der Waals surface area contributed by atoms with Crippen LogP contribution in [0.3, 0.4) is 0 Å². The van der Waals surface area contributed by atoms with Crippen molar-refractivity contribution in [3.05, 3.63) is 117 Å². The van der Waals surface area contributed by atoms with Gasteiger partial charge in [-0.1, -0.05) is 84.4 Å². The van der Waals surface area contributed by atoms with Crippen LogP contribution in [0.15, 0.2) is 91.0 Å². The number of rotatable bonds is 4. The van der Waals surface area contributed by atoms with E-state index in [1.807, 2.05) is 53.5 Å². The molecule has 3 heterocycles. The third-order valence-corrected chi connectivity index (χ3v) is 8.44. The Balaban J connectivity index is 1.40. The summed E-state index contributed by atoms with van der Waals surface area (Å²) in [5.41, 5.74) is 1.77. The number of halogens is 1. The summed E-state index contributed by atoms with van der Waals surface area (Å²) >= 11 is 6.36. The highest BCUT2D eigenvalue weighted by Gasteiger charge is 2.64. The molecule has 0 spiro atoms. The molecule has 9 heteroatoms. The summed E-state index contributed by atoms with van der Waals surface area (Å²) < 4.78 is 0. The molecule has 4 aromatic carbocycles. The number of carbonyl (C=O) groups is 3. The van der Waals surface area contributed by atoms with Gasteiger partial charge in [-0.3, -0.25) is 24.5 Å². The normalized spacial score (nSPS) is 22.8.